The van der Waals surface area contributed by atoms with E-state index < -0.39 is 9.84 Å². The number of rotatable bonds is 5. The van der Waals surface area contributed by atoms with Crippen LogP contribution in [-0.2, 0) is 9.84 Å². The summed E-state index contributed by atoms with van der Waals surface area (Å²) in [4.78, 5) is 4.96. The van der Waals surface area contributed by atoms with Crippen molar-refractivity contribution >= 4 is 65.8 Å². The highest BCUT2D eigenvalue weighted by Crippen LogP contribution is 2.47. The molecule has 0 spiro atoms. The van der Waals surface area contributed by atoms with E-state index in [1.165, 1.54) is 61.2 Å². The molecule has 2 heterocycles. The summed E-state index contributed by atoms with van der Waals surface area (Å²) in [5, 5.41) is 2.64. The van der Waals surface area contributed by atoms with Crippen LogP contribution in [0.3, 0.4) is 0 Å². The third-order valence-corrected chi connectivity index (χ3v) is 13.1. The van der Waals surface area contributed by atoms with Crippen LogP contribution in [0.4, 0.5) is 34.1 Å². The third kappa shape index (κ3) is 8.25. The molecule has 6 heteroatoms. The van der Waals surface area contributed by atoms with Crippen molar-refractivity contribution in [1.82, 2.24) is 4.57 Å². The van der Waals surface area contributed by atoms with Crippen LogP contribution in [0, 0.1) is 20.8 Å². The summed E-state index contributed by atoms with van der Waals surface area (Å²) in [6, 6.07) is 77.7. The Kier molecular flexibility index (Phi) is 11.5. The Balaban J connectivity index is 0.000000120. The van der Waals surface area contributed by atoms with Gasteiger partial charge in [0.1, 0.15) is 0 Å². The Morgan fingerprint density at radius 2 is 0.794 bits per heavy atom. The Morgan fingerprint density at radius 1 is 0.365 bits per heavy atom. The molecule has 0 saturated heterocycles. The Bertz CT molecular complexity index is 3160. The molecule has 9 aromatic carbocycles. The van der Waals surface area contributed by atoms with Crippen LogP contribution >= 0.6 is 0 Å². The van der Waals surface area contributed by atoms with Crippen LogP contribution < -0.4 is 9.80 Å². The zero-order valence-electron chi connectivity index (χ0n) is 35.5. The number of para-hydroxylation sites is 6. The number of hydrogen-bond acceptors (Lipinski definition) is 4. The van der Waals surface area contributed by atoms with Gasteiger partial charge in [-0.2, -0.15) is 0 Å². The molecule has 0 amide bonds. The molecule has 10 aromatic rings. The lowest BCUT2D eigenvalue weighted by atomic mass is 10.1. The molecular formula is C57H47N3O2S. The van der Waals surface area contributed by atoms with Gasteiger partial charge < -0.3 is 14.4 Å². The van der Waals surface area contributed by atoms with Crippen LogP contribution in [0.1, 0.15) is 16.7 Å². The zero-order chi connectivity index (χ0) is 43.3. The Morgan fingerprint density at radius 3 is 1.37 bits per heavy atom. The van der Waals surface area contributed by atoms with Crippen molar-refractivity contribution in [1.29, 1.82) is 0 Å². The van der Waals surface area contributed by atoms with Crippen molar-refractivity contribution in [2.24, 2.45) is 0 Å². The summed E-state index contributed by atoms with van der Waals surface area (Å²) < 4.78 is 28.1. The molecule has 308 valence electrons. The van der Waals surface area contributed by atoms with E-state index in [2.05, 4.69) is 169 Å². The summed E-state index contributed by atoms with van der Waals surface area (Å²) in [5.74, 6) is 0. The quantitative estimate of drug-likeness (QED) is 0.173. The predicted octanol–water partition coefficient (Wildman–Crippen LogP) is 15.2. The third-order valence-electron chi connectivity index (χ3n) is 11.2. The van der Waals surface area contributed by atoms with Crippen LogP contribution in [-0.4, -0.2) is 13.0 Å². The first-order valence-corrected chi connectivity index (χ1v) is 22.6. The van der Waals surface area contributed by atoms with Gasteiger partial charge in [0, 0.05) is 39.2 Å². The van der Waals surface area contributed by atoms with Gasteiger partial charge in [-0.3, -0.25) is 0 Å². The first-order valence-electron chi connectivity index (χ1n) is 21.1. The average Bonchev–Trinajstić information content (AvgIpc) is 3.65. The fourth-order valence-electron chi connectivity index (χ4n) is 8.20. The number of benzene rings is 9. The number of anilines is 6. The molecule has 63 heavy (non-hydrogen) atoms. The minimum atomic E-state index is -3.49. The normalized spacial score (nSPS) is 12.3. The van der Waals surface area contributed by atoms with Crippen LogP contribution in [0.2, 0.25) is 0 Å². The lowest BCUT2D eigenvalue weighted by molar-refractivity contribution is 0.595. The molecule has 11 rings (SSSR count). The lowest BCUT2D eigenvalue weighted by Gasteiger charge is -2.32. The van der Waals surface area contributed by atoms with E-state index in [0.29, 0.717) is 21.2 Å². The SMILES string of the molecule is Cc1ccc(N(c2ccccc2)c2ccccc2)cc1.Cc1ccc(N2c3ccccc3S(=O)(=O)c3ccccc32)cc1.Cc1ccc2c(c1)c1ccccc1n2-c1ccccc1. The van der Waals surface area contributed by atoms with E-state index in [0.717, 1.165) is 5.69 Å². The number of sulfone groups is 1. The van der Waals surface area contributed by atoms with Gasteiger partial charge in [-0.25, -0.2) is 8.42 Å². The van der Waals surface area contributed by atoms with Gasteiger partial charge in [0.05, 0.1) is 32.2 Å². The fraction of sp³-hybridized carbons (Fsp3) is 0.0526. The smallest absolute Gasteiger partial charge is 0.210 e. The number of hydrogen-bond donors (Lipinski definition) is 0. The summed E-state index contributed by atoms with van der Waals surface area (Å²) in [6.07, 6.45) is 0. The molecular weight excluding hydrogens is 791 g/mol. The molecule has 0 bridgehead atoms. The molecule has 0 radical (unpaired) electrons. The Hall–Kier alpha value is -7.67. The summed E-state index contributed by atoms with van der Waals surface area (Å²) in [5.41, 5.74) is 13.3. The number of aryl methyl sites for hydroxylation is 3. The van der Waals surface area contributed by atoms with E-state index >= 15 is 0 Å². The van der Waals surface area contributed by atoms with Gasteiger partial charge in [-0.05, 0) is 124 Å². The van der Waals surface area contributed by atoms with E-state index in [1.54, 1.807) is 24.3 Å². The van der Waals surface area contributed by atoms with Crippen molar-refractivity contribution in [2.45, 2.75) is 30.6 Å². The number of aromatic nitrogens is 1. The molecule has 1 aliphatic heterocycles. The maximum Gasteiger partial charge on any atom is 0.210 e. The van der Waals surface area contributed by atoms with Crippen molar-refractivity contribution in [2.75, 3.05) is 9.80 Å². The first kappa shape index (κ1) is 40.7. The zero-order valence-corrected chi connectivity index (χ0v) is 36.3. The minimum absolute atomic E-state index is 0.347. The van der Waals surface area contributed by atoms with Crippen molar-refractivity contribution < 1.29 is 8.42 Å². The standard InChI is InChI=1S/C19H15NO2S.C19H15N.C19H17N/c1-14-10-12-15(13-11-14)20-16-6-2-4-8-18(16)23(21,22)19-9-5-3-7-17(19)20;1-14-11-12-19-17(13-14)16-9-5-6-10-18(16)20(19)15-7-3-2-4-8-15;1-16-12-14-19(15-13-16)20(17-8-4-2-5-9-17)18-10-6-3-7-11-18/h2-13H,1H3;2-13H,1H3;2-15H,1H3. The molecule has 5 nitrogen and oxygen atoms in total. The number of fused-ring (bicyclic) bond motifs is 5. The topological polar surface area (TPSA) is 45.6 Å². The van der Waals surface area contributed by atoms with Crippen LogP contribution in [0.15, 0.2) is 240 Å². The van der Waals surface area contributed by atoms with Gasteiger partial charge in [-0.15, -0.1) is 0 Å². The summed E-state index contributed by atoms with van der Waals surface area (Å²) in [7, 11) is -3.49. The highest BCUT2D eigenvalue weighted by Gasteiger charge is 2.34. The largest absolute Gasteiger partial charge is 0.311 e. The fourth-order valence-corrected chi connectivity index (χ4v) is 9.82. The second kappa shape index (κ2) is 17.7. The number of nitrogens with zero attached hydrogens (tertiary/aromatic N) is 3. The predicted molar refractivity (Wildman–Crippen MR) is 263 cm³/mol. The van der Waals surface area contributed by atoms with Gasteiger partial charge in [0.25, 0.3) is 0 Å². The highest BCUT2D eigenvalue weighted by atomic mass is 32.2. The van der Waals surface area contributed by atoms with E-state index in [9.17, 15) is 8.42 Å². The molecule has 0 saturated carbocycles. The van der Waals surface area contributed by atoms with E-state index in [1.807, 2.05) is 72.5 Å². The summed E-state index contributed by atoms with van der Waals surface area (Å²) in [6.45, 7) is 6.29. The van der Waals surface area contributed by atoms with Crippen LogP contribution in [0.25, 0.3) is 27.5 Å². The lowest BCUT2D eigenvalue weighted by Crippen LogP contribution is -2.21. The van der Waals surface area contributed by atoms with Crippen molar-refractivity contribution in [3.05, 3.63) is 247 Å². The van der Waals surface area contributed by atoms with Crippen molar-refractivity contribution in [3.63, 3.8) is 0 Å². The monoisotopic (exact) mass is 837 g/mol. The summed E-state index contributed by atoms with van der Waals surface area (Å²) >= 11 is 0. The molecule has 1 aliphatic rings. The molecule has 1 aromatic heterocycles. The maximum absolute atomic E-state index is 12.9. The second-order valence-electron chi connectivity index (χ2n) is 15.7. The first-order chi connectivity index (χ1) is 30.8. The molecule has 0 unspecified atom stereocenters. The molecule has 0 aliphatic carbocycles. The Labute approximate surface area is 370 Å². The van der Waals surface area contributed by atoms with Gasteiger partial charge in [-0.1, -0.05) is 144 Å². The van der Waals surface area contributed by atoms with Gasteiger partial charge in [0.2, 0.25) is 9.84 Å². The molecule has 0 N–H and O–H groups in total. The van der Waals surface area contributed by atoms with Gasteiger partial charge >= 0.3 is 0 Å². The van der Waals surface area contributed by atoms with Gasteiger partial charge in [0.15, 0.2) is 0 Å². The van der Waals surface area contributed by atoms with Crippen LogP contribution in [0.5, 0.6) is 0 Å². The van der Waals surface area contributed by atoms with Crippen molar-refractivity contribution in [3.8, 4) is 5.69 Å². The maximum atomic E-state index is 12.9. The molecule has 0 atom stereocenters. The molecule has 0 fully saturated rings. The van der Waals surface area contributed by atoms with E-state index in [4.69, 9.17) is 0 Å². The highest BCUT2D eigenvalue weighted by molar-refractivity contribution is 7.92. The second-order valence-corrected chi connectivity index (χ2v) is 17.5. The minimum Gasteiger partial charge on any atom is -0.311 e. The van der Waals surface area contributed by atoms with E-state index in [-0.39, 0.29) is 0 Å². The average molecular weight is 838 g/mol.